The van der Waals surface area contributed by atoms with E-state index in [4.69, 9.17) is 0 Å². The molecule has 0 saturated heterocycles. The van der Waals surface area contributed by atoms with E-state index in [0.29, 0.717) is 24.9 Å². The largest absolute Gasteiger partial charge is 0.481 e. The van der Waals surface area contributed by atoms with Gasteiger partial charge in [-0.3, -0.25) is 18.7 Å². The van der Waals surface area contributed by atoms with Crippen molar-refractivity contribution < 1.29 is 14.7 Å². The molecule has 4 rings (SSSR count). The fourth-order valence-electron chi connectivity index (χ4n) is 4.59. The number of carbonyl (C=O) groups is 2. The second-order valence-corrected chi connectivity index (χ2v) is 9.60. The van der Waals surface area contributed by atoms with Crippen LogP contribution in [0.15, 0.2) is 47.3 Å². The predicted octanol–water partition coefficient (Wildman–Crippen LogP) is 0.975. The van der Waals surface area contributed by atoms with Crippen LogP contribution in [0.3, 0.4) is 0 Å². The van der Waals surface area contributed by atoms with E-state index in [0.717, 1.165) is 28.2 Å². The van der Waals surface area contributed by atoms with Crippen LogP contribution in [0.1, 0.15) is 25.3 Å². The van der Waals surface area contributed by atoms with Crippen LogP contribution >= 0.6 is 0 Å². The van der Waals surface area contributed by atoms with Crippen molar-refractivity contribution in [3.8, 4) is 0 Å². The highest BCUT2D eigenvalue weighted by Gasteiger charge is 2.33. The molecule has 35 heavy (non-hydrogen) atoms. The van der Waals surface area contributed by atoms with Gasteiger partial charge in [0.2, 0.25) is 5.91 Å². The third-order valence-corrected chi connectivity index (χ3v) is 6.60. The second-order valence-electron chi connectivity index (χ2n) is 9.60. The first-order valence-electron chi connectivity index (χ1n) is 11.8. The van der Waals surface area contributed by atoms with Gasteiger partial charge < -0.3 is 15.3 Å². The van der Waals surface area contributed by atoms with Crippen molar-refractivity contribution in [1.29, 1.82) is 0 Å². The number of nitrogens with one attached hydrogen (secondary N) is 1. The smallest absolute Gasteiger partial charge is 0.329 e. The Hall–Kier alpha value is -3.65. The number of carboxylic acids is 1. The summed E-state index contributed by atoms with van der Waals surface area (Å²) >= 11 is 0. The number of amides is 1. The van der Waals surface area contributed by atoms with Gasteiger partial charge in [-0.15, -0.1) is 0 Å². The van der Waals surface area contributed by atoms with Crippen molar-refractivity contribution >= 4 is 34.8 Å². The molecule has 3 aromatic rings. The van der Waals surface area contributed by atoms with Gasteiger partial charge in [-0.25, -0.2) is 4.79 Å². The lowest BCUT2D eigenvalue weighted by atomic mass is 9.83. The van der Waals surface area contributed by atoms with Gasteiger partial charge in [-0.1, -0.05) is 48.5 Å². The number of benzene rings is 2. The minimum absolute atomic E-state index is 0.0434. The van der Waals surface area contributed by atoms with Crippen LogP contribution in [0.2, 0.25) is 0 Å². The second kappa shape index (κ2) is 9.92. The van der Waals surface area contributed by atoms with Crippen molar-refractivity contribution in [3.05, 3.63) is 69.2 Å². The number of hydrogen-bond acceptors (Lipinski definition) is 4. The zero-order valence-corrected chi connectivity index (χ0v) is 20.5. The molecule has 0 fully saturated rings. The van der Waals surface area contributed by atoms with Crippen LogP contribution in [0, 0.1) is 5.41 Å². The Labute approximate surface area is 203 Å². The third-order valence-electron chi connectivity index (χ3n) is 6.60. The van der Waals surface area contributed by atoms with Gasteiger partial charge in [-0.05, 0) is 49.9 Å². The summed E-state index contributed by atoms with van der Waals surface area (Å²) in [5.41, 5.74) is -0.0944. The number of likely N-dealkylation sites (N-methyl/N-ethyl adjacent to an activating group) is 1. The van der Waals surface area contributed by atoms with Gasteiger partial charge >= 0.3 is 11.7 Å². The first kappa shape index (κ1) is 24.5. The summed E-state index contributed by atoms with van der Waals surface area (Å²) in [5, 5.41) is 15.7. The van der Waals surface area contributed by atoms with Crippen molar-refractivity contribution in [2.75, 3.05) is 27.2 Å². The highest BCUT2D eigenvalue weighted by Crippen LogP contribution is 2.26. The van der Waals surface area contributed by atoms with Crippen LogP contribution in [0.25, 0.3) is 22.9 Å². The van der Waals surface area contributed by atoms with Crippen LogP contribution in [0.4, 0.5) is 0 Å². The average molecular weight is 477 g/mol. The first-order valence-corrected chi connectivity index (χ1v) is 11.8. The van der Waals surface area contributed by atoms with Gasteiger partial charge in [0.15, 0.2) is 0 Å². The Morgan fingerprint density at radius 1 is 1.09 bits per heavy atom. The monoisotopic (exact) mass is 476 g/mol. The number of aromatic nitrogens is 2. The summed E-state index contributed by atoms with van der Waals surface area (Å²) < 4.78 is 3.19. The molecule has 1 unspecified atom stereocenters. The van der Waals surface area contributed by atoms with Crippen LogP contribution in [-0.4, -0.2) is 58.2 Å². The Morgan fingerprint density at radius 3 is 2.57 bits per heavy atom. The van der Waals surface area contributed by atoms with Crippen molar-refractivity contribution in [2.24, 2.45) is 5.41 Å². The van der Waals surface area contributed by atoms with Crippen molar-refractivity contribution in [2.45, 2.75) is 32.9 Å². The van der Waals surface area contributed by atoms with E-state index >= 15 is 0 Å². The minimum Gasteiger partial charge on any atom is -0.481 e. The Bertz CT molecular complexity index is 1440. The normalized spacial score (nSPS) is 17.0. The SMILES string of the molecule is CN(C)CCNC(=O)C1(C)C=c2c(n(Cc3cccc4ccccc34)c(=O)n2CCC(=O)O)=CC1. The van der Waals surface area contributed by atoms with E-state index in [-0.39, 0.29) is 24.6 Å². The number of carbonyl (C=O) groups excluding carboxylic acids is 1. The topological polar surface area (TPSA) is 96.6 Å². The zero-order chi connectivity index (χ0) is 25.2. The summed E-state index contributed by atoms with van der Waals surface area (Å²) in [6.45, 7) is 3.50. The number of aliphatic carboxylic acids is 1. The highest BCUT2D eigenvalue weighted by atomic mass is 16.4. The van der Waals surface area contributed by atoms with E-state index in [1.807, 2.05) is 80.5 Å². The molecule has 8 nitrogen and oxygen atoms in total. The van der Waals surface area contributed by atoms with Gasteiger partial charge in [0.05, 0.1) is 29.1 Å². The highest BCUT2D eigenvalue weighted by molar-refractivity contribution is 5.89. The van der Waals surface area contributed by atoms with Gasteiger partial charge in [-0.2, -0.15) is 0 Å². The molecule has 184 valence electrons. The Balaban J connectivity index is 1.78. The lowest BCUT2D eigenvalue weighted by Crippen LogP contribution is -2.46. The standard InChI is InChI=1S/C27H32N4O4/c1-27(25(34)28-14-16-29(2)3)13-11-22-23(17-27)30(15-12-24(32)33)26(35)31(22)18-20-9-6-8-19-7-4-5-10-21(19)20/h4-11,17H,12-16,18H2,1-3H3,(H,28,34)(H,32,33). The number of hydrogen-bond donors (Lipinski definition) is 2. The summed E-state index contributed by atoms with van der Waals surface area (Å²) in [7, 11) is 3.89. The maximum atomic E-state index is 13.5. The molecule has 1 aromatic heterocycles. The van der Waals surface area contributed by atoms with Crippen LogP contribution in [-0.2, 0) is 22.7 Å². The van der Waals surface area contributed by atoms with Crippen LogP contribution in [0.5, 0.6) is 0 Å². The van der Waals surface area contributed by atoms with Gasteiger partial charge in [0.1, 0.15) is 0 Å². The summed E-state index contributed by atoms with van der Waals surface area (Å²) in [5.74, 6) is -1.09. The summed E-state index contributed by atoms with van der Waals surface area (Å²) in [6, 6.07) is 14.0. The van der Waals surface area contributed by atoms with E-state index < -0.39 is 11.4 Å². The molecule has 1 amide bonds. The van der Waals surface area contributed by atoms with Crippen LogP contribution < -0.4 is 21.7 Å². The number of imidazole rings is 1. The van der Waals surface area contributed by atoms with E-state index in [2.05, 4.69) is 5.32 Å². The Kier molecular flexibility index (Phi) is 6.93. The molecule has 0 spiro atoms. The number of carboxylic acid groups (broad SMARTS) is 1. The average Bonchev–Trinajstić information content (AvgIpc) is 3.07. The number of rotatable bonds is 9. The molecule has 1 aliphatic rings. The molecule has 1 atom stereocenters. The lowest BCUT2D eigenvalue weighted by molar-refractivity contribution is -0.137. The molecule has 0 saturated carbocycles. The molecular weight excluding hydrogens is 444 g/mol. The summed E-state index contributed by atoms with van der Waals surface area (Å²) in [6.07, 6.45) is 4.04. The van der Waals surface area contributed by atoms with Gasteiger partial charge in [0, 0.05) is 19.6 Å². The van der Waals surface area contributed by atoms with Crippen molar-refractivity contribution in [1.82, 2.24) is 19.4 Å². The van der Waals surface area contributed by atoms with Gasteiger partial charge in [0.25, 0.3) is 0 Å². The van der Waals surface area contributed by atoms with Crippen molar-refractivity contribution in [3.63, 3.8) is 0 Å². The lowest BCUT2D eigenvalue weighted by Gasteiger charge is -2.26. The molecule has 8 heteroatoms. The van der Waals surface area contributed by atoms with E-state index in [9.17, 15) is 19.5 Å². The number of fused-ring (bicyclic) bond motifs is 2. The molecular formula is C27H32N4O4. The third kappa shape index (κ3) is 5.07. The predicted molar refractivity (Wildman–Crippen MR) is 136 cm³/mol. The molecule has 1 heterocycles. The molecule has 0 radical (unpaired) electrons. The van der Waals surface area contributed by atoms with E-state index in [1.165, 1.54) is 4.57 Å². The summed E-state index contributed by atoms with van der Waals surface area (Å²) in [4.78, 5) is 39.9. The first-order chi connectivity index (χ1) is 16.7. The fraction of sp³-hybridized carbons (Fsp3) is 0.370. The Morgan fingerprint density at radius 2 is 1.83 bits per heavy atom. The number of nitrogens with zero attached hydrogens (tertiary/aromatic N) is 3. The minimum atomic E-state index is -0.976. The molecule has 0 aliphatic heterocycles. The molecule has 0 bridgehead atoms. The quantitative estimate of drug-likeness (QED) is 0.480. The molecule has 2 aromatic carbocycles. The molecule has 2 N–H and O–H groups in total. The molecule has 1 aliphatic carbocycles. The van der Waals surface area contributed by atoms with E-state index in [1.54, 1.807) is 4.57 Å². The zero-order valence-electron chi connectivity index (χ0n) is 20.5. The maximum absolute atomic E-state index is 13.5. The fourth-order valence-corrected chi connectivity index (χ4v) is 4.59. The maximum Gasteiger partial charge on any atom is 0.329 e.